The van der Waals surface area contributed by atoms with E-state index in [0.29, 0.717) is 11.4 Å². The number of thioether (sulfide) groups is 1. The van der Waals surface area contributed by atoms with Crippen LogP contribution in [0.4, 0.5) is 0 Å². The number of aryl methyl sites for hydroxylation is 1. The van der Waals surface area contributed by atoms with Crippen LogP contribution in [-0.4, -0.2) is 30.0 Å². The molecular weight excluding hydrogens is 340 g/mol. The first-order valence-corrected chi connectivity index (χ1v) is 10.6. The van der Waals surface area contributed by atoms with E-state index in [4.69, 9.17) is 0 Å². The van der Waals surface area contributed by atoms with Crippen molar-refractivity contribution in [2.45, 2.75) is 42.7 Å². The molecule has 2 aromatic rings. The van der Waals surface area contributed by atoms with Crippen LogP contribution in [0.15, 0.2) is 52.5 Å². The van der Waals surface area contributed by atoms with E-state index >= 15 is 0 Å². The summed E-state index contributed by atoms with van der Waals surface area (Å²) in [4.78, 5) is 4.82. The van der Waals surface area contributed by atoms with Gasteiger partial charge in [-0.15, -0.1) is 11.8 Å². The summed E-state index contributed by atoms with van der Waals surface area (Å²) in [5.74, 6) is 0.918. The van der Waals surface area contributed by atoms with Crippen LogP contribution in [0.2, 0.25) is 0 Å². The molecule has 1 fully saturated rings. The molecule has 3 rings (SSSR count). The summed E-state index contributed by atoms with van der Waals surface area (Å²) in [6.45, 7) is 4.60. The first kappa shape index (κ1) is 17.5. The molecule has 1 saturated heterocycles. The number of hydrogen-bond donors (Lipinski definition) is 0. The molecule has 2 heterocycles. The van der Waals surface area contributed by atoms with Gasteiger partial charge in [0, 0.05) is 18.3 Å². The molecule has 0 spiro atoms. The Morgan fingerprint density at radius 1 is 1.25 bits per heavy atom. The Kier molecular flexibility index (Phi) is 5.27. The predicted molar refractivity (Wildman–Crippen MR) is 97.7 cm³/mol. The maximum Gasteiger partial charge on any atom is 0.243 e. The van der Waals surface area contributed by atoms with Gasteiger partial charge in [0.1, 0.15) is 5.03 Å². The molecule has 1 unspecified atom stereocenters. The number of nitrogens with zero attached hydrogens (tertiary/aromatic N) is 2. The van der Waals surface area contributed by atoms with Crippen molar-refractivity contribution in [3.05, 3.63) is 53.7 Å². The van der Waals surface area contributed by atoms with Gasteiger partial charge >= 0.3 is 0 Å². The van der Waals surface area contributed by atoms with Gasteiger partial charge in [-0.25, -0.2) is 13.4 Å². The van der Waals surface area contributed by atoms with Gasteiger partial charge in [0.15, 0.2) is 0 Å². The van der Waals surface area contributed by atoms with Crippen molar-refractivity contribution in [3.8, 4) is 0 Å². The van der Waals surface area contributed by atoms with Crippen molar-refractivity contribution in [3.63, 3.8) is 0 Å². The first-order chi connectivity index (χ1) is 11.5. The average molecular weight is 363 g/mol. The lowest BCUT2D eigenvalue weighted by Gasteiger charge is -2.25. The standard InChI is InChI=1S/C18H22N2O2S2/c1-3-23-18-16(6-4-12-19-18)17-7-5-13-20(17)24(21,22)15-10-8-14(2)9-11-15/h4,6,8-12,17H,3,5,7,13H2,1-2H3. The molecular formula is C18H22N2O2S2. The van der Waals surface area contributed by atoms with Crippen LogP contribution in [0, 0.1) is 6.92 Å². The lowest BCUT2D eigenvalue weighted by molar-refractivity contribution is 0.391. The highest BCUT2D eigenvalue weighted by Gasteiger charge is 2.37. The Morgan fingerprint density at radius 2 is 2.00 bits per heavy atom. The highest BCUT2D eigenvalue weighted by atomic mass is 32.2. The van der Waals surface area contributed by atoms with Crippen molar-refractivity contribution >= 4 is 21.8 Å². The fraction of sp³-hybridized carbons (Fsp3) is 0.389. The normalized spacial score (nSPS) is 18.8. The maximum absolute atomic E-state index is 13.1. The predicted octanol–water partition coefficient (Wildman–Crippen LogP) is 4.03. The monoisotopic (exact) mass is 362 g/mol. The Bertz CT molecular complexity index is 804. The number of sulfonamides is 1. The number of pyridine rings is 1. The smallest absolute Gasteiger partial charge is 0.243 e. The van der Waals surface area contributed by atoms with Gasteiger partial charge in [-0.3, -0.25) is 0 Å². The molecule has 0 N–H and O–H groups in total. The third-order valence-electron chi connectivity index (χ3n) is 4.27. The van der Waals surface area contributed by atoms with Crippen molar-refractivity contribution in [2.24, 2.45) is 0 Å². The van der Waals surface area contributed by atoms with Crippen LogP contribution in [-0.2, 0) is 10.0 Å². The highest BCUT2D eigenvalue weighted by Crippen LogP contribution is 2.39. The minimum atomic E-state index is -3.49. The molecule has 1 aliphatic heterocycles. The summed E-state index contributed by atoms with van der Waals surface area (Å²) in [5.41, 5.74) is 2.08. The maximum atomic E-state index is 13.1. The van der Waals surface area contributed by atoms with E-state index in [1.807, 2.05) is 31.2 Å². The zero-order valence-corrected chi connectivity index (χ0v) is 15.6. The summed E-state index contributed by atoms with van der Waals surface area (Å²) in [6.07, 6.45) is 3.49. The second-order valence-electron chi connectivity index (χ2n) is 5.92. The van der Waals surface area contributed by atoms with Crippen molar-refractivity contribution in [1.82, 2.24) is 9.29 Å². The Morgan fingerprint density at radius 3 is 2.71 bits per heavy atom. The summed E-state index contributed by atoms with van der Waals surface area (Å²) in [5, 5.41) is 0.941. The van der Waals surface area contributed by atoms with E-state index < -0.39 is 10.0 Å². The van der Waals surface area contributed by atoms with Crippen molar-refractivity contribution in [2.75, 3.05) is 12.3 Å². The summed E-state index contributed by atoms with van der Waals surface area (Å²) in [7, 11) is -3.49. The van der Waals surface area contributed by atoms with Crippen LogP contribution in [0.1, 0.15) is 36.9 Å². The molecule has 4 nitrogen and oxygen atoms in total. The molecule has 0 bridgehead atoms. The molecule has 1 aliphatic rings. The second kappa shape index (κ2) is 7.25. The van der Waals surface area contributed by atoms with Crippen molar-refractivity contribution < 1.29 is 8.42 Å². The highest BCUT2D eigenvalue weighted by molar-refractivity contribution is 7.99. The molecule has 6 heteroatoms. The van der Waals surface area contributed by atoms with Crippen LogP contribution < -0.4 is 0 Å². The quantitative estimate of drug-likeness (QED) is 0.754. The lowest BCUT2D eigenvalue weighted by Crippen LogP contribution is -2.31. The second-order valence-corrected chi connectivity index (χ2v) is 9.06. The summed E-state index contributed by atoms with van der Waals surface area (Å²) < 4.78 is 27.8. The number of rotatable bonds is 5. The summed E-state index contributed by atoms with van der Waals surface area (Å²) >= 11 is 1.67. The molecule has 0 amide bonds. The fourth-order valence-electron chi connectivity index (χ4n) is 3.10. The third-order valence-corrected chi connectivity index (χ3v) is 7.10. The molecule has 0 saturated carbocycles. The lowest BCUT2D eigenvalue weighted by atomic mass is 10.1. The fourth-order valence-corrected chi connectivity index (χ4v) is 5.55. The molecule has 24 heavy (non-hydrogen) atoms. The van der Waals surface area contributed by atoms with E-state index in [1.165, 1.54) is 0 Å². The average Bonchev–Trinajstić information content (AvgIpc) is 3.06. The van der Waals surface area contributed by atoms with Crippen molar-refractivity contribution in [1.29, 1.82) is 0 Å². The van der Waals surface area contributed by atoms with Gasteiger partial charge in [0.05, 0.1) is 10.9 Å². The SMILES string of the molecule is CCSc1ncccc1C1CCCN1S(=O)(=O)c1ccc(C)cc1. The Balaban J connectivity index is 1.98. The van der Waals surface area contributed by atoms with E-state index in [0.717, 1.165) is 34.7 Å². The van der Waals surface area contributed by atoms with Gasteiger partial charge in [0.2, 0.25) is 10.0 Å². The van der Waals surface area contributed by atoms with E-state index in [2.05, 4.69) is 11.9 Å². The number of hydrogen-bond acceptors (Lipinski definition) is 4. The van der Waals surface area contributed by atoms with E-state index in [9.17, 15) is 8.42 Å². The Labute approximate surface area is 148 Å². The Hall–Kier alpha value is -1.37. The topological polar surface area (TPSA) is 50.3 Å². The van der Waals surface area contributed by atoms with E-state index in [1.54, 1.807) is 34.4 Å². The largest absolute Gasteiger partial charge is 0.250 e. The van der Waals surface area contributed by atoms with Crippen LogP contribution in [0.5, 0.6) is 0 Å². The van der Waals surface area contributed by atoms with Crippen LogP contribution in [0.25, 0.3) is 0 Å². The zero-order valence-electron chi connectivity index (χ0n) is 14.0. The molecule has 0 radical (unpaired) electrons. The third kappa shape index (κ3) is 3.36. The van der Waals surface area contributed by atoms with Gasteiger partial charge in [-0.1, -0.05) is 30.7 Å². The van der Waals surface area contributed by atoms with E-state index in [-0.39, 0.29) is 6.04 Å². The summed E-state index contributed by atoms with van der Waals surface area (Å²) in [6, 6.07) is 10.9. The number of benzene rings is 1. The zero-order chi connectivity index (χ0) is 17.2. The molecule has 128 valence electrons. The van der Waals surface area contributed by atoms with Gasteiger partial charge < -0.3 is 0 Å². The first-order valence-electron chi connectivity index (χ1n) is 8.20. The van der Waals surface area contributed by atoms with Crippen LogP contribution in [0.3, 0.4) is 0 Å². The van der Waals surface area contributed by atoms with Gasteiger partial charge in [-0.05, 0) is 43.7 Å². The van der Waals surface area contributed by atoms with Gasteiger partial charge in [-0.2, -0.15) is 4.31 Å². The minimum absolute atomic E-state index is 0.126. The molecule has 1 aromatic carbocycles. The molecule has 0 aliphatic carbocycles. The van der Waals surface area contributed by atoms with Crippen LogP contribution >= 0.6 is 11.8 Å². The minimum Gasteiger partial charge on any atom is -0.250 e. The molecule has 1 atom stereocenters. The number of aromatic nitrogens is 1. The van der Waals surface area contributed by atoms with Gasteiger partial charge in [0.25, 0.3) is 0 Å². The molecule has 1 aromatic heterocycles.